The number of carbonyl (C=O) groups is 2. The highest BCUT2D eigenvalue weighted by Gasteiger charge is 2.23. The average molecular weight is 419 g/mol. The van der Waals surface area contributed by atoms with Crippen molar-refractivity contribution in [1.29, 1.82) is 0 Å². The Kier molecular flexibility index (Phi) is 6.04. The zero-order valence-corrected chi connectivity index (χ0v) is 16.6. The summed E-state index contributed by atoms with van der Waals surface area (Å²) in [6, 6.07) is 11.3. The van der Waals surface area contributed by atoms with Crippen LogP contribution in [0.15, 0.2) is 47.4 Å². The van der Waals surface area contributed by atoms with Crippen molar-refractivity contribution in [2.75, 3.05) is 30.5 Å². The van der Waals surface area contributed by atoms with Crippen molar-refractivity contribution in [1.82, 2.24) is 0 Å². The number of primary sulfonamides is 1. The predicted molar refractivity (Wildman–Crippen MR) is 107 cm³/mol. The van der Waals surface area contributed by atoms with Crippen LogP contribution in [0.4, 0.5) is 11.4 Å². The molecule has 0 unspecified atom stereocenters. The molecule has 154 valence electrons. The fourth-order valence-electron chi connectivity index (χ4n) is 2.98. The molecule has 3 N–H and O–H groups in total. The quantitative estimate of drug-likeness (QED) is 0.730. The maximum Gasteiger partial charge on any atom is 0.241 e. The molecule has 0 radical (unpaired) electrons. The zero-order valence-electron chi connectivity index (χ0n) is 15.8. The number of nitrogens with two attached hydrogens (primary N) is 1. The highest BCUT2D eigenvalue weighted by atomic mass is 32.2. The van der Waals surface area contributed by atoms with E-state index in [0.717, 1.165) is 0 Å². The maximum absolute atomic E-state index is 12.6. The third kappa shape index (κ3) is 4.84. The first-order chi connectivity index (χ1) is 13.8. The van der Waals surface area contributed by atoms with Gasteiger partial charge in [-0.3, -0.25) is 9.59 Å². The van der Waals surface area contributed by atoms with Gasteiger partial charge < -0.3 is 19.7 Å². The minimum absolute atomic E-state index is 0.00162. The van der Waals surface area contributed by atoms with Crippen molar-refractivity contribution >= 4 is 33.2 Å². The van der Waals surface area contributed by atoms with Crippen molar-refractivity contribution in [2.45, 2.75) is 17.7 Å². The van der Waals surface area contributed by atoms with Crippen LogP contribution >= 0.6 is 0 Å². The van der Waals surface area contributed by atoms with Crippen molar-refractivity contribution in [3.8, 4) is 11.5 Å². The average Bonchev–Trinajstić information content (AvgIpc) is 2.71. The molecular formula is C19H21N3O6S. The molecule has 10 heteroatoms. The Morgan fingerprint density at radius 1 is 1.21 bits per heavy atom. The van der Waals surface area contributed by atoms with Crippen LogP contribution in [0.5, 0.6) is 11.5 Å². The second kappa shape index (κ2) is 8.50. The zero-order chi connectivity index (χ0) is 21.0. The number of rotatable bonds is 6. The lowest BCUT2D eigenvalue weighted by Crippen LogP contribution is -2.38. The molecule has 0 fully saturated rings. The molecule has 0 saturated carbocycles. The number of nitrogens with zero attached hydrogens (tertiary/aromatic N) is 1. The van der Waals surface area contributed by atoms with Crippen molar-refractivity contribution in [2.24, 2.45) is 5.14 Å². The summed E-state index contributed by atoms with van der Waals surface area (Å²) in [7, 11) is -2.70. The molecule has 2 amide bonds. The lowest BCUT2D eigenvalue weighted by atomic mass is 10.2. The molecule has 2 aromatic carbocycles. The monoisotopic (exact) mass is 419 g/mol. The molecule has 0 atom stereocenters. The van der Waals surface area contributed by atoms with E-state index in [9.17, 15) is 18.0 Å². The first-order valence-corrected chi connectivity index (χ1v) is 10.4. The Balaban J connectivity index is 1.63. The van der Waals surface area contributed by atoms with E-state index in [1.165, 1.54) is 25.3 Å². The van der Waals surface area contributed by atoms with E-state index < -0.39 is 15.9 Å². The van der Waals surface area contributed by atoms with Crippen LogP contribution in [0.25, 0.3) is 0 Å². The van der Waals surface area contributed by atoms with E-state index in [1.807, 2.05) is 12.1 Å². The van der Waals surface area contributed by atoms with Crippen molar-refractivity contribution in [3.05, 3.63) is 42.5 Å². The third-order valence-electron chi connectivity index (χ3n) is 4.35. The number of methoxy groups -OCH3 is 1. The standard InChI is InChI=1S/C19H21N3O6S/c1-27-16-7-6-13(12-17(16)29(20,25)26)21-18(23)8-9-19(24)22-10-11-28-15-5-3-2-4-14(15)22/h2-7,12H,8-11H2,1H3,(H,21,23)(H2,20,25,26). The van der Waals surface area contributed by atoms with E-state index in [1.54, 1.807) is 17.0 Å². The Hall–Kier alpha value is -3.11. The van der Waals surface area contributed by atoms with Crippen LogP contribution in [0.1, 0.15) is 12.8 Å². The number of sulfonamides is 1. The Morgan fingerprint density at radius 2 is 1.97 bits per heavy atom. The fraction of sp³-hybridized carbons (Fsp3) is 0.263. The van der Waals surface area contributed by atoms with E-state index >= 15 is 0 Å². The van der Waals surface area contributed by atoms with Gasteiger partial charge in [0.05, 0.1) is 19.3 Å². The Labute approximate surface area is 168 Å². The summed E-state index contributed by atoms with van der Waals surface area (Å²) in [6.45, 7) is 0.796. The summed E-state index contributed by atoms with van der Waals surface area (Å²) >= 11 is 0. The minimum atomic E-state index is -4.02. The summed E-state index contributed by atoms with van der Waals surface area (Å²) in [5, 5.41) is 7.75. The molecule has 3 rings (SSSR count). The van der Waals surface area contributed by atoms with Crippen LogP contribution in [0.3, 0.4) is 0 Å². The molecule has 0 aliphatic carbocycles. The summed E-state index contributed by atoms with van der Waals surface area (Å²) in [5.41, 5.74) is 0.918. The van der Waals surface area contributed by atoms with Gasteiger partial charge in [-0.05, 0) is 30.3 Å². The van der Waals surface area contributed by atoms with Crippen LogP contribution < -0.4 is 24.8 Å². The second-order valence-electron chi connectivity index (χ2n) is 6.32. The first kappa shape index (κ1) is 20.6. The van der Waals surface area contributed by atoms with Gasteiger partial charge in [0.2, 0.25) is 21.8 Å². The minimum Gasteiger partial charge on any atom is -0.495 e. The largest absolute Gasteiger partial charge is 0.495 e. The van der Waals surface area contributed by atoms with Gasteiger partial charge in [0.15, 0.2) is 0 Å². The maximum atomic E-state index is 12.6. The second-order valence-corrected chi connectivity index (χ2v) is 7.85. The third-order valence-corrected chi connectivity index (χ3v) is 5.28. The predicted octanol–water partition coefficient (Wildman–Crippen LogP) is 1.49. The molecule has 9 nitrogen and oxygen atoms in total. The number of nitrogens with one attached hydrogen (secondary N) is 1. The SMILES string of the molecule is COc1ccc(NC(=O)CCC(=O)N2CCOc3ccccc32)cc1S(N)(=O)=O. The van der Waals surface area contributed by atoms with Crippen LogP contribution in [0, 0.1) is 0 Å². The lowest BCUT2D eigenvalue weighted by molar-refractivity contribution is -0.122. The summed E-state index contributed by atoms with van der Waals surface area (Å²) in [4.78, 5) is 26.2. The number of ether oxygens (including phenoxy) is 2. The van der Waals surface area contributed by atoms with Gasteiger partial charge in [0.1, 0.15) is 23.0 Å². The number of anilines is 2. The molecule has 0 spiro atoms. The van der Waals surface area contributed by atoms with Crippen LogP contribution in [0.2, 0.25) is 0 Å². The molecule has 2 aromatic rings. The Bertz CT molecular complexity index is 1040. The van der Waals surface area contributed by atoms with E-state index in [-0.39, 0.29) is 35.1 Å². The summed E-state index contributed by atoms with van der Waals surface area (Å²) in [5.74, 6) is 0.0817. The molecule has 0 saturated heterocycles. The number of hydrogen-bond donors (Lipinski definition) is 2. The van der Waals surface area contributed by atoms with Crippen molar-refractivity contribution in [3.63, 3.8) is 0 Å². The Morgan fingerprint density at radius 3 is 2.69 bits per heavy atom. The van der Waals surface area contributed by atoms with E-state index in [4.69, 9.17) is 14.6 Å². The molecule has 29 heavy (non-hydrogen) atoms. The van der Waals surface area contributed by atoms with Gasteiger partial charge in [-0.1, -0.05) is 12.1 Å². The summed E-state index contributed by atoms with van der Waals surface area (Å²) < 4.78 is 33.8. The topological polar surface area (TPSA) is 128 Å². The van der Waals surface area contributed by atoms with Gasteiger partial charge in [-0.25, -0.2) is 13.6 Å². The van der Waals surface area contributed by atoms with Gasteiger partial charge >= 0.3 is 0 Å². The molecule has 0 aromatic heterocycles. The number of carbonyl (C=O) groups excluding carboxylic acids is 2. The lowest BCUT2D eigenvalue weighted by Gasteiger charge is -2.29. The molecule has 0 bridgehead atoms. The molecule has 1 aliphatic heterocycles. The smallest absolute Gasteiger partial charge is 0.241 e. The molecular weight excluding hydrogens is 398 g/mol. The highest BCUT2D eigenvalue weighted by molar-refractivity contribution is 7.89. The van der Waals surface area contributed by atoms with Crippen LogP contribution in [-0.2, 0) is 19.6 Å². The fourth-order valence-corrected chi connectivity index (χ4v) is 3.71. The van der Waals surface area contributed by atoms with Crippen molar-refractivity contribution < 1.29 is 27.5 Å². The molecule has 1 heterocycles. The number of benzene rings is 2. The van der Waals surface area contributed by atoms with E-state index in [2.05, 4.69) is 5.32 Å². The highest BCUT2D eigenvalue weighted by Crippen LogP contribution is 2.31. The van der Waals surface area contributed by atoms with Gasteiger partial charge in [0, 0.05) is 18.5 Å². The van der Waals surface area contributed by atoms with Gasteiger partial charge in [0.25, 0.3) is 0 Å². The number of fused-ring (bicyclic) bond motifs is 1. The van der Waals surface area contributed by atoms with E-state index in [0.29, 0.717) is 24.6 Å². The molecule has 1 aliphatic rings. The number of hydrogen-bond acceptors (Lipinski definition) is 6. The van der Waals surface area contributed by atoms with Gasteiger partial charge in [-0.2, -0.15) is 0 Å². The first-order valence-electron chi connectivity index (χ1n) is 8.82. The van der Waals surface area contributed by atoms with Gasteiger partial charge in [-0.15, -0.1) is 0 Å². The van der Waals surface area contributed by atoms with Crippen LogP contribution in [-0.4, -0.2) is 40.5 Å². The summed E-state index contributed by atoms with van der Waals surface area (Å²) in [6.07, 6.45) is -0.0620. The normalized spacial score (nSPS) is 13.2. The number of para-hydroxylation sites is 2. The number of amides is 2.